The molecule has 1 fully saturated rings. The zero-order valence-corrected chi connectivity index (χ0v) is 18.8. The molecule has 34 heavy (non-hydrogen) atoms. The second kappa shape index (κ2) is 8.69. The number of H-pyrrole nitrogens is 1. The van der Waals surface area contributed by atoms with Crippen LogP contribution in [0.4, 0.5) is 24.8 Å². The van der Waals surface area contributed by atoms with Crippen LogP contribution in [-0.2, 0) is 6.18 Å². The minimum atomic E-state index is -4.52. The molecule has 7 nitrogen and oxygen atoms in total. The van der Waals surface area contributed by atoms with Crippen LogP contribution in [-0.4, -0.2) is 63.7 Å². The minimum Gasteiger partial charge on any atom is -0.323 e. The lowest BCUT2D eigenvalue weighted by molar-refractivity contribution is -0.137. The van der Waals surface area contributed by atoms with E-state index in [1.807, 2.05) is 38.4 Å². The molecule has 1 aliphatic heterocycles. The molecule has 2 N–H and O–H groups in total. The van der Waals surface area contributed by atoms with Crippen molar-refractivity contribution >= 4 is 22.5 Å². The van der Waals surface area contributed by atoms with Crippen molar-refractivity contribution in [1.82, 2.24) is 30.0 Å². The quantitative estimate of drug-likeness (QED) is 0.453. The summed E-state index contributed by atoms with van der Waals surface area (Å²) in [4.78, 5) is 13.5. The van der Waals surface area contributed by atoms with Crippen LogP contribution in [0.1, 0.15) is 17.3 Å². The highest BCUT2D eigenvalue weighted by molar-refractivity contribution is 5.91. The molecule has 2 aromatic carbocycles. The van der Waals surface area contributed by atoms with E-state index in [1.165, 1.54) is 12.1 Å². The van der Waals surface area contributed by atoms with Gasteiger partial charge in [-0.3, -0.25) is 10.00 Å². The number of hydrogen-bond acceptors (Lipinski definition) is 6. The van der Waals surface area contributed by atoms with E-state index in [0.717, 1.165) is 30.1 Å². The zero-order valence-electron chi connectivity index (χ0n) is 18.8. The van der Waals surface area contributed by atoms with Gasteiger partial charge in [0.05, 0.1) is 22.8 Å². The molecule has 176 valence electrons. The predicted octanol–water partition coefficient (Wildman–Crippen LogP) is 4.70. The summed E-state index contributed by atoms with van der Waals surface area (Å²) in [5.41, 5.74) is 0.671. The fourth-order valence-electron chi connectivity index (χ4n) is 4.26. The van der Waals surface area contributed by atoms with E-state index in [1.54, 1.807) is 12.1 Å². The second-order valence-electron chi connectivity index (χ2n) is 8.55. The number of hydrogen-bond donors (Lipinski definition) is 2. The number of para-hydroxylation sites is 1. The molecule has 3 heterocycles. The Morgan fingerprint density at radius 1 is 1.00 bits per heavy atom. The first-order chi connectivity index (χ1) is 16.3. The van der Waals surface area contributed by atoms with E-state index < -0.39 is 11.7 Å². The molecule has 1 saturated heterocycles. The summed E-state index contributed by atoms with van der Waals surface area (Å²) < 4.78 is 41.3. The third-order valence-corrected chi connectivity index (χ3v) is 6.13. The highest BCUT2D eigenvalue weighted by Crippen LogP contribution is 2.37. The standard InChI is InChI=1S/C24H24F3N7/c1-33-11-12-34(2)20(14-33)19-13-21(30-23-16-8-4-6-10-18(16)31-32-23)29-22(28-19)15-7-3-5-9-17(15)24(25,26)27/h3-10,13,20H,11-12,14H2,1-2H3,(H2,28,29,30,31,32). The smallest absolute Gasteiger partial charge is 0.323 e. The summed E-state index contributed by atoms with van der Waals surface area (Å²) in [6.07, 6.45) is -4.52. The maximum Gasteiger partial charge on any atom is 0.417 e. The van der Waals surface area contributed by atoms with Crippen molar-refractivity contribution in [2.45, 2.75) is 12.2 Å². The molecule has 4 aromatic rings. The fraction of sp³-hybridized carbons (Fsp3) is 0.292. The van der Waals surface area contributed by atoms with Crippen LogP contribution in [0.15, 0.2) is 54.6 Å². The number of benzene rings is 2. The summed E-state index contributed by atoms with van der Waals surface area (Å²) in [6.45, 7) is 2.44. The molecule has 1 aliphatic rings. The molecule has 0 aliphatic carbocycles. The fourth-order valence-corrected chi connectivity index (χ4v) is 4.26. The van der Waals surface area contributed by atoms with Crippen molar-refractivity contribution in [2.75, 3.05) is 39.0 Å². The van der Waals surface area contributed by atoms with Gasteiger partial charge in [0, 0.05) is 36.7 Å². The number of aromatic amines is 1. The first-order valence-corrected chi connectivity index (χ1v) is 10.9. The van der Waals surface area contributed by atoms with Gasteiger partial charge in [-0.1, -0.05) is 30.3 Å². The topological polar surface area (TPSA) is 73.0 Å². The van der Waals surface area contributed by atoms with Crippen molar-refractivity contribution in [2.24, 2.45) is 0 Å². The van der Waals surface area contributed by atoms with E-state index in [2.05, 4.69) is 35.3 Å². The Kier molecular flexibility index (Phi) is 5.70. The van der Waals surface area contributed by atoms with Gasteiger partial charge in [-0.2, -0.15) is 18.3 Å². The van der Waals surface area contributed by atoms with E-state index >= 15 is 0 Å². The van der Waals surface area contributed by atoms with Crippen LogP contribution < -0.4 is 5.32 Å². The lowest BCUT2D eigenvalue weighted by Crippen LogP contribution is -2.45. The molecule has 0 spiro atoms. The van der Waals surface area contributed by atoms with Crippen molar-refractivity contribution in [3.63, 3.8) is 0 Å². The highest BCUT2D eigenvalue weighted by atomic mass is 19.4. The van der Waals surface area contributed by atoms with E-state index in [9.17, 15) is 13.2 Å². The number of alkyl halides is 3. The van der Waals surface area contributed by atoms with E-state index in [0.29, 0.717) is 23.9 Å². The summed E-state index contributed by atoms with van der Waals surface area (Å²) in [6, 6.07) is 14.7. The lowest BCUT2D eigenvalue weighted by atomic mass is 10.0. The van der Waals surface area contributed by atoms with Gasteiger partial charge < -0.3 is 10.2 Å². The lowest BCUT2D eigenvalue weighted by Gasteiger charge is -2.37. The average Bonchev–Trinajstić information content (AvgIpc) is 3.22. The monoisotopic (exact) mass is 467 g/mol. The Morgan fingerprint density at radius 2 is 1.76 bits per heavy atom. The van der Waals surface area contributed by atoms with Crippen LogP contribution in [0.5, 0.6) is 0 Å². The number of aromatic nitrogens is 4. The van der Waals surface area contributed by atoms with E-state index in [4.69, 9.17) is 0 Å². The molecule has 0 saturated carbocycles. The van der Waals surface area contributed by atoms with Gasteiger partial charge in [0.1, 0.15) is 5.82 Å². The normalized spacial score (nSPS) is 17.9. The maximum atomic E-state index is 13.8. The third-order valence-electron chi connectivity index (χ3n) is 6.13. The van der Waals surface area contributed by atoms with Gasteiger partial charge in [-0.05, 0) is 32.3 Å². The molecule has 0 bridgehead atoms. The second-order valence-corrected chi connectivity index (χ2v) is 8.55. The number of anilines is 2. The van der Waals surface area contributed by atoms with Crippen LogP contribution in [0.25, 0.3) is 22.3 Å². The minimum absolute atomic E-state index is 0.0226. The van der Waals surface area contributed by atoms with Crippen molar-refractivity contribution in [1.29, 1.82) is 0 Å². The maximum absolute atomic E-state index is 13.8. The first kappa shape index (κ1) is 22.3. The number of piperazine rings is 1. The van der Waals surface area contributed by atoms with Crippen molar-refractivity contribution in [3.8, 4) is 11.4 Å². The molecule has 5 rings (SSSR count). The molecular formula is C24H24F3N7. The van der Waals surface area contributed by atoms with Gasteiger partial charge in [-0.15, -0.1) is 0 Å². The molecular weight excluding hydrogens is 443 g/mol. The Morgan fingerprint density at radius 3 is 2.59 bits per heavy atom. The van der Waals surface area contributed by atoms with E-state index in [-0.39, 0.29) is 17.4 Å². The van der Waals surface area contributed by atoms with Gasteiger partial charge >= 0.3 is 6.18 Å². The van der Waals surface area contributed by atoms with Crippen LogP contribution in [0.3, 0.4) is 0 Å². The SMILES string of the molecule is CN1CCN(C)C(c2cc(Nc3n[nH]c4ccccc34)nc(-c3ccccc3C(F)(F)F)n2)C1. The number of nitrogens with one attached hydrogen (secondary N) is 2. The average molecular weight is 467 g/mol. The Bertz CT molecular complexity index is 1320. The van der Waals surface area contributed by atoms with Crippen LogP contribution >= 0.6 is 0 Å². The Balaban J connectivity index is 1.63. The van der Waals surface area contributed by atoms with Crippen LogP contribution in [0.2, 0.25) is 0 Å². The molecule has 1 unspecified atom stereocenters. The Hall–Kier alpha value is -3.50. The highest BCUT2D eigenvalue weighted by Gasteiger charge is 2.34. The predicted molar refractivity (Wildman–Crippen MR) is 125 cm³/mol. The molecule has 10 heteroatoms. The van der Waals surface area contributed by atoms with Gasteiger partial charge in [0.25, 0.3) is 0 Å². The largest absolute Gasteiger partial charge is 0.417 e. The van der Waals surface area contributed by atoms with Gasteiger partial charge in [0.2, 0.25) is 0 Å². The van der Waals surface area contributed by atoms with Crippen LogP contribution in [0, 0.1) is 0 Å². The number of likely N-dealkylation sites (N-methyl/N-ethyl adjacent to an activating group) is 2. The summed E-state index contributed by atoms with van der Waals surface area (Å²) in [5, 5.41) is 11.3. The molecule has 1 atom stereocenters. The number of rotatable bonds is 4. The number of halogens is 3. The van der Waals surface area contributed by atoms with Crippen molar-refractivity contribution < 1.29 is 13.2 Å². The third kappa shape index (κ3) is 4.34. The zero-order chi connectivity index (χ0) is 23.9. The summed E-state index contributed by atoms with van der Waals surface area (Å²) in [5.74, 6) is 0.953. The number of nitrogens with zero attached hydrogens (tertiary/aromatic N) is 5. The summed E-state index contributed by atoms with van der Waals surface area (Å²) >= 11 is 0. The van der Waals surface area contributed by atoms with Gasteiger partial charge in [-0.25, -0.2) is 9.97 Å². The summed E-state index contributed by atoms with van der Waals surface area (Å²) in [7, 11) is 4.02. The molecule has 0 radical (unpaired) electrons. The van der Waals surface area contributed by atoms with Crippen molar-refractivity contribution in [3.05, 3.63) is 65.9 Å². The molecule has 0 amide bonds. The number of fused-ring (bicyclic) bond motifs is 1. The Labute approximate surface area is 194 Å². The first-order valence-electron chi connectivity index (χ1n) is 10.9. The van der Waals surface area contributed by atoms with Gasteiger partial charge in [0.15, 0.2) is 11.6 Å². The molecule has 2 aromatic heterocycles.